The number of piperidine rings is 1. The van der Waals surface area contributed by atoms with E-state index in [1.807, 2.05) is 13.8 Å². The molecule has 1 aliphatic rings. The number of rotatable bonds is 6. The zero-order chi connectivity index (χ0) is 12.7. The summed E-state index contributed by atoms with van der Waals surface area (Å²) in [5.74, 6) is 0.124. The number of amides is 1. The Morgan fingerprint density at radius 1 is 1.47 bits per heavy atom. The molecule has 0 aliphatic carbocycles. The number of hydrogen-bond acceptors (Lipinski definition) is 3. The van der Waals surface area contributed by atoms with Gasteiger partial charge in [-0.1, -0.05) is 6.42 Å². The van der Waals surface area contributed by atoms with Crippen molar-refractivity contribution in [1.82, 2.24) is 10.6 Å². The van der Waals surface area contributed by atoms with E-state index in [9.17, 15) is 4.79 Å². The third kappa shape index (κ3) is 6.03. The number of methoxy groups -OCH3 is 1. The Hall–Kier alpha value is -0.610. The number of nitrogens with one attached hydrogen (secondary N) is 2. The summed E-state index contributed by atoms with van der Waals surface area (Å²) in [6, 6.07) is 0.528. The summed E-state index contributed by atoms with van der Waals surface area (Å²) in [5.41, 5.74) is -0.272. The largest absolute Gasteiger partial charge is 0.382 e. The van der Waals surface area contributed by atoms with Gasteiger partial charge in [0.15, 0.2) is 0 Å². The van der Waals surface area contributed by atoms with Gasteiger partial charge in [-0.05, 0) is 39.7 Å². The van der Waals surface area contributed by atoms with E-state index in [1.54, 1.807) is 7.11 Å². The SMILES string of the molecule is COCC(C)(C)NC(=O)CCC1CCCCN1. The van der Waals surface area contributed by atoms with Gasteiger partial charge in [-0.15, -0.1) is 0 Å². The van der Waals surface area contributed by atoms with Crippen LogP contribution in [0, 0.1) is 0 Å². The van der Waals surface area contributed by atoms with Crippen LogP contribution in [0.2, 0.25) is 0 Å². The zero-order valence-electron chi connectivity index (χ0n) is 11.3. The molecule has 1 heterocycles. The predicted molar refractivity (Wildman–Crippen MR) is 69.0 cm³/mol. The molecule has 0 radical (unpaired) electrons. The Bertz CT molecular complexity index is 236. The highest BCUT2D eigenvalue weighted by atomic mass is 16.5. The van der Waals surface area contributed by atoms with E-state index in [0.29, 0.717) is 19.1 Å². The average Bonchev–Trinajstić information content (AvgIpc) is 2.27. The van der Waals surface area contributed by atoms with Crippen molar-refractivity contribution in [2.75, 3.05) is 20.3 Å². The van der Waals surface area contributed by atoms with Crippen LogP contribution in [-0.2, 0) is 9.53 Å². The van der Waals surface area contributed by atoms with Crippen molar-refractivity contribution in [3.05, 3.63) is 0 Å². The minimum atomic E-state index is -0.272. The molecule has 17 heavy (non-hydrogen) atoms. The second-order valence-electron chi connectivity index (χ2n) is 5.55. The highest BCUT2D eigenvalue weighted by Crippen LogP contribution is 2.12. The summed E-state index contributed by atoms with van der Waals surface area (Å²) in [5, 5.41) is 6.46. The lowest BCUT2D eigenvalue weighted by Gasteiger charge is -2.27. The van der Waals surface area contributed by atoms with Gasteiger partial charge in [0, 0.05) is 19.6 Å². The highest BCUT2D eigenvalue weighted by Gasteiger charge is 2.21. The van der Waals surface area contributed by atoms with Crippen LogP contribution in [0.25, 0.3) is 0 Å². The monoisotopic (exact) mass is 242 g/mol. The summed E-state index contributed by atoms with van der Waals surface area (Å²) in [4.78, 5) is 11.8. The van der Waals surface area contributed by atoms with Crippen molar-refractivity contribution in [2.45, 2.75) is 57.5 Å². The fourth-order valence-electron chi connectivity index (χ4n) is 2.31. The van der Waals surface area contributed by atoms with Gasteiger partial charge < -0.3 is 15.4 Å². The normalized spacial score (nSPS) is 21.2. The molecule has 0 bridgehead atoms. The first kappa shape index (κ1) is 14.5. The number of ether oxygens (including phenoxy) is 1. The number of hydrogen-bond donors (Lipinski definition) is 2. The van der Waals surface area contributed by atoms with E-state index >= 15 is 0 Å². The zero-order valence-corrected chi connectivity index (χ0v) is 11.3. The fourth-order valence-corrected chi connectivity index (χ4v) is 2.31. The van der Waals surface area contributed by atoms with Crippen LogP contribution in [-0.4, -0.2) is 37.7 Å². The standard InChI is InChI=1S/C13H26N2O2/c1-13(2,10-17-3)15-12(16)8-7-11-6-4-5-9-14-11/h11,14H,4-10H2,1-3H3,(H,15,16). The van der Waals surface area contributed by atoms with E-state index in [4.69, 9.17) is 4.74 Å². The van der Waals surface area contributed by atoms with Gasteiger partial charge in [0.05, 0.1) is 12.1 Å². The van der Waals surface area contributed by atoms with Crippen molar-refractivity contribution in [2.24, 2.45) is 0 Å². The summed E-state index contributed by atoms with van der Waals surface area (Å²) in [6.45, 7) is 5.60. The molecular weight excluding hydrogens is 216 g/mol. The molecule has 2 N–H and O–H groups in total. The smallest absolute Gasteiger partial charge is 0.220 e. The molecule has 1 fully saturated rings. The van der Waals surface area contributed by atoms with E-state index in [1.165, 1.54) is 19.3 Å². The van der Waals surface area contributed by atoms with Gasteiger partial charge in [-0.25, -0.2) is 0 Å². The molecule has 1 amide bonds. The molecule has 0 aromatic rings. The summed E-state index contributed by atoms with van der Waals surface area (Å²) in [6.07, 6.45) is 5.30. The first-order valence-corrected chi connectivity index (χ1v) is 6.57. The van der Waals surface area contributed by atoms with Crippen molar-refractivity contribution < 1.29 is 9.53 Å². The van der Waals surface area contributed by atoms with E-state index in [2.05, 4.69) is 10.6 Å². The second kappa shape index (κ2) is 6.97. The van der Waals surface area contributed by atoms with Gasteiger partial charge >= 0.3 is 0 Å². The Kier molecular flexibility index (Phi) is 5.92. The van der Waals surface area contributed by atoms with E-state index < -0.39 is 0 Å². The van der Waals surface area contributed by atoms with Crippen molar-refractivity contribution in [3.63, 3.8) is 0 Å². The van der Waals surface area contributed by atoms with Gasteiger partial charge in [0.25, 0.3) is 0 Å². The van der Waals surface area contributed by atoms with E-state index in [0.717, 1.165) is 13.0 Å². The molecule has 0 saturated carbocycles. The molecule has 4 heteroatoms. The van der Waals surface area contributed by atoms with Crippen LogP contribution in [0.1, 0.15) is 46.0 Å². The van der Waals surface area contributed by atoms with Gasteiger partial charge in [0.1, 0.15) is 0 Å². The lowest BCUT2D eigenvalue weighted by molar-refractivity contribution is -0.123. The third-order valence-electron chi connectivity index (χ3n) is 3.12. The lowest BCUT2D eigenvalue weighted by Crippen LogP contribution is -2.47. The van der Waals surface area contributed by atoms with Crippen LogP contribution in [0.15, 0.2) is 0 Å². The maximum atomic E-state index is 11.8. The van der Waals surface area contributed by atoms with Crippen LogP contribution >= 0.6 is 0 Å². The molecule has 0 spiro atoms. The molecule has 0 aromatic heterocycles. The average molecular weight is 242 g/mol. The predicted octanol–water partition coefficient (Wildman–Crippen LogP) is 1.45. The first-order chi connectivity index (χ1) is 8.03. The lowest BCUT2D eigenvalue weighted by atomic mass is 10.00. The van der Waals surface area contributed by atoms with Crippen LogP contribution in [0.3, 0.4) is 0 Å². The topological polar surface area (TPSA) is 50.4 Å². The van der Waals surface area contributed by atoms with Gasteiger partial charge in [-0.3, -0.25) is 4.79 Å². The molecule has 1 saturated heterocycles. The second-order valence-corrected chi connectivity index (χ2v) is 5.55. The molecule has 0 aromatic carbocycles. The minimum Gasteiger partial charge on any atom is -0.382 e. The van der Waals surface area contributed by atoms with Crippen LogP contribution in [0.5, 0.6) is 0 Å². The summed E-state index contributed by atoms with van der Waals surface area (Å²) in [7, 11) is 1.65. The maximum Gasteiger partial charge on any atom is 0.220 e. The minimum absolute atomic E-state index is 0.124. The van der Waals surface area contributed by atoms with Gasteiger partial charge in [-0.2, -0.15) is 0 Å². The summed E-state index contributed by atoms with van der Waals surface area (Å²) < 4.78 is 5.07. The Balaban J connectivity index is 2.20. The summed E-state index contributed by atoms with van der Waals surface area (Å²) >= 11 is 0. The Morgan fingerprint density at radius 2 is 2.24 bits per heavy atom. The van der Waals surface area contributed by atoms with Crippen LogP contribution < -0.4 is 10.6 Å². The third-order valence-corrected chi connectivity index (χ3v) is 3.12. The highest BCUT2D eigenvalue weighted by molar-refractivity contribution is 5.76. The van der Waals surface area contributed by atoms with Crippen LogP contribution in [0.4, 0.5) is 0 Å². The number of carbonyl (C=O) groups excluding carboxylic acids is 1. The maximum absolute atomic E-state index is 11.8. The molecule has 100 valence electrons. The Morgan fingerprint density at radius 3 is 2.82 bits per heavy atom. The molecule has 4 nitrogen and oxygen atoms in total. The van der Waals surface area contributed by atoms with Crippen molar-refractivity contribution in [1.29, 1.82) is 0 Å². The Labute approximate surface area is 104 Å². The molecule has 1 aliphatic heterocycles. The van der Waals surface area contributed by atoms with Gasteiger partial charge in [0.2, 0.25) is 5.91 Å². The molecule has 1 atom stereocenters. The van der Waals surface area contributed by atoms with Crippen molar-refractivity contribution >= 4 is 5.91 Å². The molecular formula is C13H26N2O2. The molecule has 1 unspecified atom stereocenters. The first-order valence-electron chi connectivity index (χ1n) is 6.57. The van der Waals surface area contributed by atoms with E-state index in [-0.39, 0.29) is 11.4 Å². The quantitative estimate of drug-likeness (QED) is 0.741. The number of carbonyl (C=O) groups is 1. The van der Waals surface area contributed by atoms with Crippen molar-refractivity contribution in [3.8, 4) is 0 Å². The fraction of sp³-hybridized carbons (Fsp3) is 0.923. The molecule has 1 rings (SSSR count).